The zero-order chi connectivity index (χ0) is 17.0. The van der Waals surface area contributed by atoms with E-state index in [1.807, 2.05) is 0 Å². The van der Waals surface area contributed by atoms with Crippen LogP contribution in [0.5, 0.6) is 0 Å². The summed E-state index contributed by atoms with van der Waals surface area (Å²) in [7, 11) is 0. The molecular formula is C15H25NO6. The van der Waals surface area contributed by atoms with E-state index in [4.69, 9.17) is 14.2 Å². The zero-order valence-electron chi connectivity index (χ0n) is 13.9. The molecule has 1 fully saturated rings. The Labute approximate surface area is 130 Å². The SMILES string of the molecule is CCOC(=O)C1(C(=O)OCC)CC(C(=O)OC(C)(C)C)CN1. The van der Waals surface area contributed by atoms with Crippen LogP contribution in [-0.4, -0.2) is 48.8 Å². The lowest BCUT2D eigenvalue weighted by Gasteiger charge is -2.25. The minimum absolute atomic E-state index is 0.0282. The van der Waals surface area contributed by atoms with Crippen LogP contribution < -0.4 is 5.32 Å². The Morgan fingerprint density at radius 2 is 1.59 bits per heavy atom. The van der Waals surface area contributed by atoms with E-state index in [0.717, 1.165) is 0 Å². The molecule has 0 amide bonds. The van der Waals surface area contributed by atoms with Crippen LogP contribution in [0.1, 0.15) is 41.0 Å². The Kier molecular flexibility index (Phi) is 5.93. The van der Waals surface area contributed by atoms with Gasteiger partial charge in [0.05, 0.1) is 19.1 Å². The van der Waals surface area contributed by atoms with Crippen LogP contribution >= 0.6 is 0 Å². The lowest BCUT2D eigenvalue weighted by Crippen LogP contribution is -2.56. The van der Waals surface area contributed by atoms with E-state index in [9.17, 15) is 14.4 Å². The van der Waals surface area contributed by atoms with Gasteiger partial charge in [0.1, 0.15) is 5.60 Å². The van der Waals surface area contributed by atoms with Gasteiger partial charge in [-0.3, -0.25) is 10.1 Å². The molecule has 0 bridgehead atoms. The Hall–Kier alpha value is -1.63. The average molecular weight is 315 g/mol. The highest BCUT2D eigenvalue weighted by molar-refractivity contribution is 6.06. The largest absolute Gasteiger partial charge is 0.464 e. The van der Waals surface area contributed by atoms with E-state index in [1.54, 1.807) is 34.6 Å². The van der Waals surface area contributed by atoms with Crippen molar-refractivity contribution < 1.29 is 28.6 Å². The first-order valence-electron chi connectivity index (χ1n) is 7.48. The Morgan fingerprint density at radius 3 is 2.00 bits per heavy atom. The maximum Gasteiger partial charge on any atom is 0.338 e. The third-order valence-electron chi connectivity index (χ3n) is 3.19. The van der Waals surface area contributed by atoms with Gasteiger partial charge >= 0.3 is 17.9 Å². The standard InChI is InChI=1S/C15H25NO6/c1-6-20-12(18)15(13(19)21-7-2)8-10(9-16-15)11(17)22-14(3,4)5/h10,16H,6-9H2,1-5H3. The van der Waals surface area contributed by atoms with Gasteiger partial charge in [0.25, 0.3) is 0 Å². The maximum atomic E-state index is 12.2. The minimum Gasteiger partial charge on any atom is -0.464 e. The Morgan fingerprint density at radius 1 is 1.09 bits per heavy atom. The van der Waals surface area contributed by atoms with Crippen LogP contribution in [-0.2, 0) is 28.6 Å². The van der Waals surface area contributed by atoms with Crippen LogP contribution in [0.2, 0.25) is 0 Å². The van der Waals surface area contributed by atoms with Gasteiger partial charge in [-0.25, -0.2) is 9.59 Å². The molecule has 1 unspecified atom stereocenters. The van der Waals surface area contributed by atoms with Crippen molar-refractivity contribution in [2.45, 2.75) is 52.2 Å². The first-order valence-corrected chi connectivity index (χ1v) is 7.48. The van der Waals surface area contributed by atoms with Crippen molar-refractivity contribution in [3.63, 3.8) is 0 Å². The molecule has 1 aliphatic rings. The first-order chi connectivity index (χ1) is 10.2. The summed E-state index contributed by atoms with van der Waals surface area (Å²) in [5.74, 6) is -2.50. The Bertz CT molecular complexity index is 422. The van der Waals surface area contributed by atoms with Gasteiger partial charge in [0.15, 0.2) is 0 Å². The number of carbonyl (C=O) groups is 3. The summed E-state index contributed by atoms with van der Waals surface area (Å²) >= 11 is 0. The summed E-state index contributed by atoms with van der Waals surface area (Å²) in [4.78, 5) is 36.5. The maximum absolute atomic E-state index is 12.2. The molecule has 22 heavy (non-hydrogen) atoms. The molecule has 7 nitrogen and oxygen atoms in total. The predicted molar refractivity (Wildman–Crippen MR) is 78.0 cm³/mol. The van der Waals surface area contributed by atoms with Crippen molar-refractivity contribution in [3.8, 4) is 0 Å². The molecule has 0 aliphatic carbocycles. The zero-order valence-corrected chi connectivity index (χ0v) is 13.9. The van der Waals surface area contributed by atoms with Crippen LogP contribution in [0.15, 0.2) is 0 Å². The molecule has 1 aliphatic heterocycles. The monoisotopic (exact) mass is 315 g/mol. The highest BCUT2D eigenvalue weighted by Gasteiger charge is 2.56. The fourth-order valence-electron chi connectivity index (χ4n) is 2.27. The molecule has 7 heteroatoms. The summed E-state index contributed by atoms with van der Waals surface area (Å²) < 4.78 is 15.3. The van der Waals surface area contributed by atoms with Gasteiger partial charge < -0.3 is 14.2 Å². The lowest BCUT2D eigenvalue weighted by atomic mass is 9.92. The molecule has 1 N–H and O–H groups in total. The first kappa shape index (κ1) is 18.4. The second-order valence-electron chi connectivity index (χ2n) is 6.16. The lowest BCUT2D eigenvalue weighted by molar-refractivity contribution is -0.166. The third-order valence-corrected chi connectivity index (χ3v) is 3.19. The number of esters is 3. The quantitative estimate of drug-likeness (QED) is 0.456. The topological polar surface area (TPSA) is 90.9 Å². The molecule has 0 aromatic rings. The van der Waals surface area contributed by atoms with Crippen molar-refractivity contribution in [2.75, 3.05) is 19.8 Å². The summed E-state index contributed by atoms with van der Waals surface area (Å²) in [5.41, 5.74) is -2.26. The van der Waals surface area contributed by atoms with Crippen LogP contribution in [0, 0.1) is 5.92 Å². The molecule has 126 valence electrons. The van der Waals surface area contributed by atoms with Crippen molar-refractivity contribution in [2.24, 2.45) is 5.92 Å². The molecular weight excluding hydrogens is 290 g/mol. The van der Waals surface area contributed by atoms with E-state index >= 15 is 0 Å². The third kappa shape index (κ3) is 4.19. The van der Waals surface area contributed by atoms with Gasteiger partial charge in [-0.15, -0.1) is 0 Å². The van der Waals surface area contributed by atoms with Gasteiger partial charge in [0, 0.05) is 13.0 Å². The molecule has 0 saturated carbocycles. The molecule has 1 saturated heterocycles. The van der Waals surface area contributed by atoms with Crippen molar-refractivity contribution >= 4 is 17.9 Å². The van der Waals surface area contributed by atoms with Gasteiger partial charge in [0.2, 0.25) is 5.54 Å². The van der Waals surface area contributed by atoms with Crippen LogP contribution in [0.25, 0.3) is 0 Å². The number of hydrogen-bond acceptors (Lipinski definition) is 7. The minimum atomic E-state index is -1.63. The van der Waals surface area contributed by atoms with E-state index in [2.05, 4.69) is 5.32 Å². The number of rotatable bonds is 5. The normalized spacial score (nSPS) is 20.3. The summed E-state index contributed by atoms with van der Waals surface area (Å²) in [6, 6.07) is 0. The molecule has 1 atom stereocenters. The second kappa shape index (κ2) is 7.09. The van der Waals surface area contributed by atoms with Gasteiger partial charge in [-0.2, -0.15) is 0 Å². The molecule has 0 radical (unpaired) electrons. The van der Waals surface area contributed by atoms with Crippen molar-refractivity contribution in [1.82, 2.24) is 5.32 Å². The van der Waals surface area contributed by atoms with E-state index < -0.39 is 35.0 Å². The van der Waals surface area contributed by atoms with E-state index in [0.29, 0.717) is 0 Å². The molecule has 0 aromatic carbocycles. The number of ether oxygens (including phenoxy) is 3. The van der Waals surface area contributed by atoms with E-state index in [-0.39, 0.29) is 26.2 Å². The van der Waals surface area contributed by atoms with E-state index in [1.165, 1.54) is 0 Å². The molecule has 0 spiro atoms. The smallest absolute Gasteiger partial charge is 0.338 e. The van der Waals surface area contributed by atoms with Crippen molar-refractivity contribution in [3.05, 3.63) is 0 Å². The van der Waals surface area contributed by atoms with Crippen molar-refractivity contribution in [1.29, 1.82) is 0 Å². The second-order valence-corrected chi connectivity index (χ2v) is 6.16. The fourth-order valence-corrected chi connectivity index (χ4v) is 2.27. The van der Waals surface area contributed by atoms with Gasteiger partial charge in [-0.1, -0.05) is 0 Å². The summed E-state index contributed by atoms with van der Waals surface area (Å²) in [5, 5.41) is 2.81. The van der Waals surface area contributed by atoms with Crippen LogP contribution in [0.4, 0.5) is 0 Å². The fraction of sp³-hybridized carbons (Fsp3) is 0.800. The summed E-state index contributed by atoms with van der Waals surface area (Å²) in [6.45, 7) is 9.02. The van der Waals surface area contributed by atoms with Crippen LogP contribution in [0.3, 0.4) is 0 Å². The number of nitrogens with one attached hydrogen (secondary N) is 1. The molecule has 0 aromatic heterocycles. The van der Waals surface area contributed by atoms with Gasteiger partial charge in [-0.05, 0) is 34.6 Å². The highest BCUT2D eigenvalue weighted by atomic mass is 16.6. The summed E-state index contributed by atoms with van der Waals surface area (Å²) in [6.07, 6.45) is -0.0282. The predicted octanol–water partition coefficient (Wildman–Crippen LogP) is 0.803. The number of hydrogen-bond donors (Lipinski definition) is 1. The Balaban J connectivity index is 2.91. The molecule has 1 rings (SSSR count). The molecule has 1 heterocycles. The number of carbonyl (C=O) groups excluding carboxylic acids is 3. The highest BCUT2D eigenvalue weighted by Crippen LogP contribution is 2.29. The average Bonchev–Trinajstić information content (AvgIpc) is 2.83.